The molecule has 0 atom stereocenters. The molecule has 0 amide bonds. The Hall–Kier alpha value is -2.31. The number of rotatable bonds is 5. The highest BCUT2D eigenvalue weighted by Crippen LogP contribution is 2.17. The summed E-state index contributed by atoms with van der Waals surface area (Å²) in [5.41, 5.74) is 5.73. The van der Waals surface area contributed by atoms with E-state index < -0.39 is 12.0 Å². The first-order chi connectivity index (χ1) is 9.79. The zero-order chi connectivity index (χ0) is 16.5. The summed E-state index contributed by atoms with van der Waals surface area (Å²) >= 11 is 0. The van der Waals surface area contributed by atoms with Crippen molar-refractivity contribution in [3.63, 3.8) is 0 Å². The maximum absolute atomic E-state index is 12.3. The molecule has 0 radical (unpaired) electrons. The molecule has 0 aliphatic carbocycles. The molecule has 0 aliphatic rings. The van der Waals surface area contributed by atoms with Crippen LogP contribution in [0.25, 0.3) is 0 Å². The van der Waals surface area contributed by atoms with Crippen molar-refractivity contribution in [2.24, 2.45) is 15.7 Å². The molecule has 0 saturated carbocycles. The van der Waals surface area contributed by atoms with Gasteiger partial charge in [0.05, 0.1) is 7.11 Å². The lowest BCUT2D eigenvalue weighted by Crippen LogP contribution is -2.30. The lowest BCUT2D eigenvalue weighted by atomic mass is 10.1. The maximum atomic E-state index is 12.3. The Morgan fingerprint density at radius 1 is 1.29 bits per heavy atom. The Bertz CT molecular complexity index is 512. The van der Waals surface area contributed by atoms with Crippen LogP contribution in [0, 0.1) is 0 Å². The number of ether oxygens (including phenoxy) is 1. The molecule has 116 valence electrons. The van der Waals surface area contributed by atoms with Crippen LogP contribution in [0.2, 0.25) is 0 Å². The second-order valence-corrected chi connectivity index (χ2v) is 3.67. The van der Waals surface area contributed by atoms with Crippen molar-refractivity contribution in [3.05, 3.63) is 48.2 Å². The third kappa shape index (κ3) is 6.60. The average molecular weight is 301 g/mol. The Labute approximate surface area is 121 Å². The highest BCUT2D eigenvalue weighted by atomic mass is 19.4. The zero-order valence-electron chi connectivity index (χ0n) is 12.1. The Morgan fingerprint density at radius 3 is 2.29 bits per heavy atom. The third-order valence-electron chi connectivity index (χ3n) is 2.24. The summed E-state index contributed by atoms with van der Waals surface area (Å²) in [6.07, 6.45) is 2.55. The van der Waals surface area contributed by atoms with Crippen LogP contribution in [0.3, 0.4) is 0 Å². The average Bonchev–Trinajstić information content (AvgIpc) is 2.44. The van der Waals surface area contributed by atoms with Gasteiger partial charge in [0.1, 0.15) is 0 Å². The fourth-order valence-electron chi connectivity index (χ4n) is 1.21. The zero-order valence-corrected chi connectivity index (χ0v) is 12.1. The van der Waals surface area contributed by atoms with Gasteiger partial charge in [-0.05, 0) is 18.1 Å². The van der Waals surface area contributed by atoms with E-state index in [4.69, 9.17) is 10.5 Å². The first-order valence-corrected chi connectivity index (χ1v) is 5.88. The van der Waals surface area contributed by atoms with Gasteiger partial charge in [0.25, 0.3) is 0 Å². The SMILES string of the molecule is C=CC(=C\C(=N/C)OC)/C(/C=C\C)=C/N=C(\N)C(F)(F)F. The van der Waals surface area contributed by atoms with Gasteiger partial charge in [0.2, 0.25) is 11.7 Å². The summed E-state index contributed by atoms with van der Waals surface area (Å²) in [6, 6.07) is 0. The van der Waals surface area contributed by atoms with Crippen molar-refractivity contribution >= 4 is 11.7 Å². The second-order valence-electron chi connectivity index (χ2n) is 3.67. The third-order valence-corrected chi connectivity index (χ3v) is 2.24. The molecule has 21 heavy (non-hydrogen) atoms. The fourth-order valence-corrected chi connectivity index (χ4v) is 1.21. The van der Waals surface area contributed by atoms with E-state index >= 15 is 0 Å². The minimum atomic E-state index is -4.67. The van der Waals surface area contributed by atoms with Crippen molar-refractivity contribution in [2.75, 3.05) is 14.2 Å². The minimum Gasteiger partial charge on any atom is -0.481 e. The molecule has 0 aliphatic heterocycles. The molecule has 2 N–H and O–H groups in total. The van der Waals surface area contributed by atoms with E-state index in [1.165, 1.54) is 26.3 Å². The standard InChI is InChI=1S/C14H18F3N3O/c1-5-7-11(9-20-13(18)14(15,16)17)10(6-2)8-12(19-3)21-4/h5-9H,2H2,1,3-4H3,(H2,18,20)/b7-5-,10-8+,11-9+,19-12+. The van der Waals surface area contributed by atoms with E-state index in [0.717, 1.165) is 6.20 Å². The van der Waals surface area contributed by atoms with Crippen molar-refractivity contribution in [2.45, 2.75) is 13.1 Å². The lowest BCUT2D eigenvalue weighted by molar-refractivity contribution is -0.0598. The highest BCUT2D eigenvalue weighted by Gasteiger charge is 2.33. The van der Waals surface area contributed by atoms with E-state index in [-0.39, 0.29) is 0 Å². The van der Waals surface area contributed by atoms with Crippen LogP contribution in [0.1, 0.15) is 6.92 Å². The van der Waals surface area contributed by atoms with Gasteiger partial charge >= 0.3 is 6.18 Å². The van der Waals surface area contributed by atoms with Gasteiger partial charge in [0, 0.05) is 19.3 Å². The molecular formula is C14H18F3N3O. The number of methoxy groups -OCH3 is 1. The molecule has 4 nitrogen and oxygen atoms in total. The number of nitrogens with two attached hydrogens (primary N) is 1. The number of hydrogen-bond donors (Lipinski definition) is 1. The van der Waals surface area contributed by atoms with Gasteiger partial charge in [-0.2, -0.15) is 13.2 Å². The van der Waals surface area contributed by atoms with Gasteiger partial charge in [0.15, 0.2) is 0 Å². The van der Waals surface area contributed by atoms with Gasteiger partial charge in [-0.3, -0.25) is 4.99 Å². The van der Waals surface area contributed by atoms with Crippen LogP contribution in [-0.2, 0) is 4.74 Å². The largest absolute Gasteiger partial charge is 0.481 e. The Kier molecular flexibility index (Phi) is 7.81. The molecular weight excluding hydrogens is 283 g/mol. The number of alkyl halides is 3. The molecule has 0 saturated heterocycles. The smallest absolute Gasteiger partial charge is 0.448 e. The summed E-state index contributed by atoms with van der Waals surface area (Å²) in [5, 5.41) is 0. The monoisotopic (exact) mass is 301 g/mol. The van der Waals surface area contributed by atoms with Crippen molar-refractivity contribution in [1.82, 2.24) is 0 Å². The first-order valence-electron chi connectivity index (χ1n) is 5.88. The van der Waals surface area contributed by atoms with Crippen molar-refractivity contribution in [1.29, 1.82) is 0 Å². The minimum absolute atomic E-state index is 0.299. The highest BCUT2D eigenvalue weighted by molar-refractivity contribution is 5.90. The summed E-state index contributed by atoms with van der Waals surface area (Å²) < 4.78 is 41.9. The Morgan fingerprint density at radius 2 is 1.90 bits per heavy atom. The van der Waals surface area contributed by atoms with Crippen molar-refractivity contribution < 1.29 is 17.9 Å². The lowest BCUT2D eigenvalue weighted by Gasteiger charge is -2.06. The number of nitrogens with zero attached hydrogens (tertiary/aromatic N) is 2. The number of halogens is 3. The summed E-state index contributed by atoms with van der Waals surface area (Å²) in [5.74, 6) is -1.13. The number of allylic oxidation sites excluding steroid dienone is 5. The van der Waals surface area contributed by atoms with Crippen LogP contribution >= 0.6 is 0 Å². The summed E-state index contributed by atoms with van der Waals surface area (Å²) in [4.78, 5) is 7.08. The predicted octanol–water partition coefficient (Wildman–Crippen LogP) is 3.15. The number of aliphatic imine (C=N–C) groups is 2. The molecule has 0 aromatic carbocycles. The number of hydrogen-bond acceptors (Lipinski definition) is 3. The first kappa shape index (κ1) is 18.7. The predicted molar refractivity (Wildman–Crippen MR) is 79.2 cm³/mol. The second kappa shape index (κ2) is 8.78. The van der Waals surface area contributed by atoms with Gasteiger partial charge in [-0.25, -0.2) is 4.99 Å². The molecule has 0 fully saturated rings. The quantitative estimate of drug-likeness (QED) is 0.482. The van der Waals surface area contributed by atoms with Gasteiger partial charge in [-0.1, -0.05) is 24.8 Å². The van der Waals surface area contributed by atoms with E-state index in [1.54, 1.807) is 19.1 Å². The molecule has 0 bridgehead atoms. The van der Waals surface area contributed by atoms with Crippen LogP contribution in [-0.4, -0.2) is 32.1 Å². The van der Waals surface area contributed by atoms with Crippen molar-refractivity contribution in [3.8, 4) is 0 Å². The van der Waals surface area contributed by atoms with E-state index in [0.29, 0.717) is 17.0 Å². The van der Waals surface area contributed by atoms with Crippen LogP contribution in [0.5, 0.6) is 0 Å². The topological polar surface area (TPSA) is 60.0 Å². The van der Waals surface area contributed by atoms with E-state index in [2.05, 4.69) is 16.6 Å². The fraction of sp³-hybridized carbons (Fsp3) is 0.286. The van der Waals surface area contributed by atoms with Crippen LogP contribution in [0.15, 0.2) is 58.2 Å². The summed E-state index contributed by atoms with van der Waals surface area (Å²) in [7, 11) is 2.95. The maximum Gasteiger partial charge on any atom is 0.448 e. The molecule has 0 heterocycles. The molecule has 0 spiro atoms. The summed E-state index contributed by atoms with van der Waals surface area (Å²) in [6.45, 7) is 5.32. The van der Waals surface area contributed by atoms with Crippen LogP contribution in [0.4, 0.5) is 13.2 Å². The van der Waals surface area contributed by atoms with Crippen LogP contribution < -0.4 is 5.73 Å². The molecule has 0 aromatic heterocycles. The molecule has 0 unspecified atom stereocenters. The van der Waals surface area contributed by atoms with E-state index in [9.17, 15) is 13.2 Å². The van der Waals surface area contributed by atoms with E-state index in [1.807, 2.05) is 0 Å². The number of amidine groups is 1. The molecule has 0 aromatic rings. The van der Waals surface area contributed by atoms with Gasteiger partial charge < -0.3 is 10.5 Å². The Balaban J connectivity index is 5.73. The van der Waals surface area contributed by atoms with Gasteiger partial charge in [-0.15, -0.1) is 0 Å². The normalized spacial score (nSPS) is 15.5. The molecule has 7 heteroatoms. The molecule has 0 rings (SSSR count).